The van der Waals surface area contributed by atoms with Gasteiger partial charge < -0.3 is 4.42 Å². The molecule has 0 saturated carbocycles. The number of para-hydroxylation sites is 1. The smallest absolute Gasteiger partial charge is 0.301 e. The van der Waals surface area contributed by atoms with Crippen LogP contribution in [0.3, 0.4) is 0 Å². The number of carbonyl (C=O) groups is 1. The van der Waals surface area contributed by atoms with E-state index in [0.717, 1.165) is 5.39 Å². The molecule has 106 valence electrons. The predicted molar refractivity (Wildman–Crippen MR) is 74.4 cm³/mol. The standard InChI is InChI=1S/C14H13N5O2/c15-5-7-19(8-6-16)9-11-10-3-1-2-4-12(10)21-13(11)14(20)18-17/h1-4H,7-9,17H2,(H,18,20). The Morgan fingerprint density at radius 1 is 1.29 bits per heavy atom. The molecule has 3 N–H and O–H groups in total. The Morgan fingerprint density at radius 3 is 2.57 bits per heavy atom. The number of fused-ring (bicyclic) bond motifs is 1. The van der Waals surface area contributed by atoms with E-state index in [0.29, 0.717) is 11.1 Å². The topological polar surface area (TPSA) is 119 Å². The predicted octanol–water partition coefficient (Wildman–Crippen LogP) is 0.885. The highest BCUT2D eigenvalue weighted by molar-refractivity contribution is 5.98. The van der Waals surface area contributed by atoms with Gasteiger partial charge in [-0.2, -0.15) is 10.5 Å². The molecule has 0 fully saturated rings. The molecule has 1 amide bonds. The number of nitrogens with zero attached hydrogens (tertiary/aromatic N) is 3. The second-order valence-corrected chi connectivity index (χ2v) is 4.34. The monoisotopic (exact) mass is 283 g/mol. The van der Waals surface area contributed by atoms with E-state index in [1.807, 2.05) is 29.7 Å². The number of benzene rings is 1. The zero-order valence-corrected chi connectivity index (χ0v) is 11.2. The van der Waals surface area contributed by atoms with Crippen LogP contribution in [0.1, 0.15) is 16.1 Å². The molecule has 0 unspecified atom stereocenters. The maximum atomic E-state index is 11.8. The summed E-state index contributed by atoms with van der Waals surface area (Å²) in [6, 6.07) is 11.2. The molecule has 1 heterocycles. The van der Waals surface area contributed by atoms with Crippen LogP contribution in [0.4, 0.5) is 0 Å². The highest BCUT2D eigenvalue weighted by Gasteiger charge is 2.21. The number of amides is 1. The zero-order valence-electron chi connectivity index (χ0n) is 11.2. The molecule has 0 saturated heterocycles. The molecule has 0 atom stereocenters. The molecule has 2 rings (SSSR count). The van der Waals surface area contributed by atoms with Gasteiger partial charge in [0, 0.05) is 17.5 Å². The van der Waals surface area contributed by atoms with Gasteiger partial charge in [0.25, 0.3) is 0 Å². The molecular formula is C14H13N5O2. The first-order valence-electron chi connectivity index (χ1n) is 6.18. The van der Waals surface area contributed by atoms with Crippen molar-refractivity contribution in [2.45, 2.75) is 6.54 Å². The van der Waals surface area contributed by atoms with Gasteiger partial charge in [-0.1, -0.05) is 18.2 Å². The van der Waals surface area contributed by atoms with E-state index >= 15 is 0 Å². The Morgan fingerprint density at radius 2 is 1.95 bits per heavy atom. The molecule has 0 aliphatic rings. The molecule has 0 bridgehead atoms. The van der Waals surface area contributed by atoms with Crippen LogP contribution in [0, 0.1) is 22.7 Å². The lowest BCUT2D eigenvalue weighted by atomic mass is 10.1. The summed E-state index contributed by atoms with van der Waals surface area (Å²) in [5.41, 5.74) is 3.20. The highest BCUT2D eigenvalue weighted by Crippen LogP contribution is 2.27. The number of furan rings is 1. The van der Waals surface area contributed by atoms with E-state index in [2.05, 4.69) is 0 Å². The maximum Gasteiger partial charge on any atom is 0.301 e. The number of nitriles is 2. The van der Waals surface area contributed by atoms with Gasteiger partial charge in [0.05, 0.1) is 25.2 Å². The van der Waals surface area contributed by atoms with Crippen LogP contribution in [0.25, 0.3) is 11.0 Å². The minimum Gasteiger partial charge on any atom is -0.451 e. The minimum absolute atomic E-state index is 0.0801. The summed E-state index contributed by atoms with van der Waals surface area (Å²) >= 11 is 0. The SMILES string of the molecule is N#CCN(CC#N)Cc1c(C(=O)NN)oc2ccccc12. The van der Waals surface area contributed by atoms with Crippen LogP contribution < -0.4 is 11.3 Å². The van der Waals surface area contributed by atoms with Crippen LogP contribution >= 0.6 is 0 Å². The largest absolute Gasteiger partial charge is 0.451 e. The van der Waals surface area contributed by atoms with Crippen molar-refractivity contribution in [3.63, 3.8) is 0 Å². The van der Waals surface area contributed by atoms with Crippen molar-refractivity contribution in [1.29, 1.82) is 10.5 Å². The van der Waals surface area contributed by atoms with Crippen LogP contribution in [0.2, 0.25) is 0 Å². The average molecular weight is 283 g/mol. The summed E-state index contributed by atoms with van der Waals surface area (Å²) in [4.78, 5) is 13.4. The molecule has 0 spiro atoms. The fourth-order valence-electron chi connectivity index (χ4n) is 2.10. The second kappa shape index (κ2) is 6.53. The first-order valence-corrected chi connectivity index (χ1v) is 6.18. The molecule has 1 aromatic carbocycles. The number of carbonyl (C=O) groups excluding carboxylic acids is 1. The fourth-order valence-corrected chi connectivity index (χ4v) is 2.10. The third-order valence-electron chi connectivity index (χ3n) is 3.01. The van der Waals surface area contributed by atoms with Gasteiger partial charge in [0.15, 0.2) is 5.76 Å². The number of hydrogen-bond donors (Lipinski definition) is 2. The van der Waals surface area contributed by atoms with E-state index in [1.54, 1.807) is 17.0 Å². The van der Waals surface area contributed by atoms with Gasteiger partial charge >= 0.3 is 5.91 Å². The number of hydrazine groups is 1. The van der Waals surface area contributed by atoms with E-state index in [1.165, 1.54) is 0 Å². The molecule has 0 aliphatic carbocycles. The third kappa shape index (κ3) is 3.00. The van der Waals surface area contributed by atoms with Crippen molar-refractivity contribution >= 4 is 16.9 Å². The number of nitrogens with one attached hydrogen (secondary N) is 1. The van der Waals surface area contributed by atoms with E-state index in [9.17, 15) is 4.79 Å². The third-order valence-corrected chi connectivity index (χ3v) is 3.01. The highest BCUT2D eigenvalue weighted by atomic mass is 16.3. The van der Waals surface area contributed by atoms with Gasteiger partial charge in [-0.05, 0) is 6.07 Å². The van der Waals surface area contributed by atoms with Crippen molar-refractivity contribution in [3.05, 3.63) is 35.6 Å². The molecule has 0 radical (unpaired) electrons. The quantitative estimate of drug-likeness (QED) is 0.364. The Labute approximate surface area is 121 Å². The molecule has 0 aliphatic heterocycles. The van der Waals surface area contributed by atoms with Crippen molar-refractivity contribution in [1.82, 2.24) is 10.3 Å². The Bertz CT molecular complexity index is 722. The first-order chi connectivity index (χ1) is 10.2. The van der Waals surface area contributed by atoms with Crippen molar-refractivity contribution in [2.24, 2.45) is 5.84 Å². The summed E-state index contributed by atoms with van der Waals surface area (Å²) < 4.78 is 5.52. The van der Waals surface area contributed by atoms with E-state index in [4.69, 9.17) is 20.8 Å². The average Bonchev–Trinajstić information content (AvgIpc) is 2.86. The van der Waals surface area contributed by atoms with Crippen LogP contribution in [0.15, 0.2) is 28.7 Å². The molecule has 7 nitrogen and oxygen atoms in total. The minimum atomic E-state index is -0.546. The van der Waals surface area contributed by atoms with Crippen molar-refractivity contribution in [2.75, 3.05) is 13.1 Å². The molecular weight excluding hydrogens is 270 g/mol. The second-order valence-electron chi connectivity index (χ2n) is 4.34. The lowest BCUT2D eigenvalue weighted by Gasteiger charge is -2.14. The van der Waals surface area contributed by atoms with Gasteiger partial charge in [-0.15, -0.1) is 0 Å². The summed E-state index contributed by atoms with van der Waals surface area (Å²) in [6.07, 6.45) is 0. The van der Waals surface area contributed by atoms with Crippen molar-refractivity contribution in [3.8, 4) is 12.1 Å². The lowest BCUT2D eigenvalue weighted by Crippen LogP contribution is -2.31. The van der Waals surface area contributed by atoms with Gasteiger partial charge in [-0.25, -0.2) is 5.84 Å². The normalized spacial score (nSPS) is 10.3. The van der Waals surface area contributed by atoms with Gasteiger partial charge in [0.2, 0.25) is 0 Å². The summed E-state index contributed by atoms with van der Waals surface area (Å²) in [6.45, 7) is 0.411. The Kier molecular flexibility index (Phi) is 4.52. The fraction of sp³-hybridized carbons (Fsp3) is 0.214. The number of rotatable bonds is 5. The van der Waals surface area contributed by atoms with E-state index < -0.39 is 5.91 Å². The molecule has 1 aromatic heterocycles. The number of nitrogen functional groups attached to an aromatic ring is 1. The van der Waals surface area contributed by atoms with Crippen LogP contribution in [-0.4, -0.2) is 23.9 Å². The summed E-state index contributed by atoms with van der Waals surface area (Å²) in [7, 11) is 0. The zero-order chi connectivity index (χ0) is 15.2. The van der Waals surface area contributed by atoms with Crippen molar-refractivity contribution < 1.29 is 9.21 Å². The summed E-state index contributed by atoms with van der Waals surface area (Å²) in [5, 5.41) is 18.4. The summed E-state index contributed by atoms with van der Waals surface area (Å²) in [5.74, 6) is 4.72. The Hall–Kier alpha value is -2.87. The maximum absolute atomic E-state index is 11.8. The van der Waals surface area contributed by atoms with Crippen LogP contribution in [-0.2, 0) is 6.54 Å². The molecule has 21 heavy (non-hydrogen) atoms. The van der Waals surface area contributed by atoms with Gasteiger partial charge in [-0.3, -0.25) is 15.1 Å². The van der Waals surface area contributed by atoms with Crippen LogP contribution in [0.5, 0.6) is 0 Å². The van der Waals surface area contributed by atoms with E-state index in [-0.39, 0.29) is 25.4 Å². The first kappa shape index (κ1) is 14.5. The molecule has 7 heteroatoms. The lowest BCUT2D eigenvalue weighted by molar-refractivity contribution is 0.0925. The Balaban J connectivity index is 2.47. The number of nitrogens with two attached hydrogens (primary N) is 1. The number of hydrogen-bond acceptors (Lipinski definition) is 6. The van der Waals surface area contributed by atoms with Gasteiger partial charge in [0.1, 0.15) is 5.58 Å². The molecule has 2 aromatic rings.